The van der Waals surface area contributed by atoms with Crippen LogP contribution in [-0.2, 0) is 0 Å². The van der Waals surface area contributed by atoms with Crippen molar-refractivity contribution in [3.63, 3.8) is 0 Å². The number of pyridine rings is 1. The predicted molar refractivity (Wildman–Crippen MR) is 115 cm³/mol. The zero-order chi connectivity index (χ0) is 23.0. The lowest BCUT2D eigenvalue weighted by molar-refractivity contribution is -0.382. The fourth-order valence-corrected chi connectivity index (χ4v) is 3.87. The third kappa shape index (κ3) is 3.73. The monoisotopic (exact) mass is 442 g/mol. The number of ether oxygens (including phenoxy) is 1. The van der Waals surface area contributed by atoms with Crippen molar-refractivity contribution in [1.29, 1.82) is 0 Å². The molecule has 0 bridgehead atoms. The third-order valence-electron chi connectivity index (χ3n) is 5.39. The van der Waals surface area contributed by atoms with Gasteiger partial charge in [0.1, 0.15) is 5.52 Å². The molecule has 1 aliphatic heterocycles. The van der Waals surface area contributed by atoms with Gasteiger partial charge in [-0.05, 0) is 25.2 Å². The second kappa shape index (κ2) is 8.27. The molecule has 0 radical (unpaired) electrons. The molecule has 0 spiro atoms. The summed E-state index contributed by atoms with van der Waals surface area (Å²) < 4.78 is 21.1. The summed E-state index contributed by atoms with van der Waals surface area (Å²) >= 11 is 0. The minimum absolute atomic E-state index is 0.140. The van der Waals surface area contributed by atoms with Crippen LogP contribution in [0.3, 0.4) is 0 Å². The first-order valence-corrected chi connectivity index (χ1v) is 9.74. The van der Waals surface area contributed by atoms with Crippen molar-refractivity contribution in [3.05, 3.63) is 68.7 Å². The van der Waals surface area contributed by atoms with Crippen molar-refractivity contribution in [1.82, 2.24) is 9.47 Å². The van der Waals surface area contributed by atoms with E-state index in [2.05, 4.69) is 4.74 Å². The number of carboxylic acid groups (broad SMARTS) is 1. The van der Waals surface area contributed by atoms with Gasteiger partial charge >= 0.3 is 11.8 Å². The minimum Gasteiger partial charge on any atom is -0.449 e. The first kappa shape index (κ1) is 21.2. The van der Waals surface area contributed by atoms with E-state index >= 15 is 4.39 Å². The molecule has 2 aromatic carbocycles. The summed E-state index contributed by atoms with van der Waals surface area (Å²) in [6, 6.07) is 9.23. The number of nitrogens with zero attached hydrogens (tertiary/aromatic N) is 4. The Bertz CT molecular complexity index is 1270. The number of benzene rings is 2. The molecule has 2 heterocycles. The highest BCUT2D eigenvalue weighted by Crippen LogP contribution is 2.39. The standard InChI is InChI=1S/C21H19FN4O6/c1-23-7-9-24(10-8-23)18-15(22)11-14-17(19(18)26(30)31)25(13-5-3-2-4-6-13)12-16(20(14)27)32-21(28)29/h2-6,11-12H,7-10H2,1H3,(H,28,29). The fourth-order valence-electron chi connectivity index (χ4n) is 3.87. The average Bonchev–Trinajstić information content (AvgIpc) is 2.76. The molecule has 1 aliphatic rings. The lowest BCUT2D eigenvalue weighted by atomic mass is 10.1. The Morgan fingerprint density at radius 1 is 1.19 bits per heavy atom. The van der Waals surface area contributed by atoms with Crippen LogP contribution in [0, 0.1) is 15.9 Å². The van der Waals surface area contributed by atoms with Gasteiger partial charge in [-0.25, -0.2) is 9.18 Å². The number of nitro groups is 1. The summed E-state index contributed by atoms with van der Waals surface area (Å²) in [5, 5.41) is 20.9. The second-order valence-corrected chi connectivity index (χ2v) is 7.40. The molecule has 0 unspecified atom stereocenters. The van der Waals surface area contributed by atoms with Crippen LogP contribution in [0.15, 0.2) is 47.4 Å². The molecule has 3 aromatic rings. The van der Waals surface area contributed by atoms with E-state index in [9.17, 15) is 19.7 Å². The summed E-state index contributed by atoms with van der Waals surface area (Å²) in [5.41, 5.74) is -1.45. The number of fused-ring (bicyclic) bond motifs is 1. The first-order valence-electron chi connectivity index (χ1n) is 9.74. The SMILES string of the molecule is CN1CCN(c2c(F)cc3c(=O)c(OC(=O)O)cn(-c4ccccc4)c3c2[N+](=O)[O-])CC1. The number of nitro benzene ring substituents is 1. The smallest absolute Gasteiger partial charge is 0.449 e. The number of para-hydroxylation sites is 1. The predicted octanol–water partition coefficient (Wildman–Crippen LogP) is 2.85. The van der Waals surface area contributed by atoms with Gasteiger partial charge in [-0.15, -0.1) is 0 Å². The minimum atomic E-state index is -1.73. The molecule has 0 atom stereocenters. The van der Waals surface area contributed by atoms with Crippen molar-refractivity contribution >= 4 is 28.4 Å². The van der Waals surface area contributed by atoms with Crippen LogP contribution < -0.4 is 15.1 Å². The van der Waals surface area contributed by atoms with Crippen molar-refractivity contribution in [2.24, 2.45) is 0 Å². The van der Waals surface area contributed by atoms with E-state index in [1.54, 1.807) is 35.2 Å². The van der Waals surface area contributed by atoms with E-state index in [1.165, 1.54) is 4.57 Å². The molecule has 1 N–H and O–H groups in total. The zero-order valence-electron chi connectivity index (χ0n) is 17.0. The highest BCUT2D eigenvalue weighted by molar-refractivity contribution is 5.96. The normalized spacial score (nSPS) is 14.5. The molecule has 32 heavy (non-hydrogen) atoms. The summed E-state index contributed by atoms with van der Waals surface area (Å²) in [5.74, 6) is -1.52. The van der Waals surface area contributed by atoms with E-state index in [0.717, 1.165) is 12.3 Å². The van der Waals surface area contributed by atoms with Gasteiger partial charge in [0.25, 0.3) is 0 Å². The maximum atomic E-state index is 15.3. The number of aromatic nitrogens is 1. The maximum absolute atomic E-state index is 15.3. The molecular formula is C21H19FN4O6. The number of hydrogen-bond acceptors (Lipinski definition) is 7. The van der Waals surface area contributed by atoms with E-state index in [4.69, 9.17) is 5.11 Å². The molecule has 1 fully saturated rings. The Hall–Kier alpha value is -3.99. The van der Waals surface area contributed by atoms with Crippen LogP contribution in [0.5, 0.6) is 5.75 Å². The van der Waals surface area contributed by atoms with E-state index < -0.39 is 33.8 Å². The fraction of sp³-hybridized carbons (Fsp3) is 0.238. The van der Waals surface area contributed by atoms with Crippen LogP contribution in [0.25, 0.3) is 16.6 Å². The Labute approximate surface area is 180 Å². The number of rotatable bonds is 4. The summed E-state index contributed by atoms with van der Waals surface area (Å²) in [7, 11) is 1.90. The van der Waals surface area contributed by atoms with Gasteiger partial charge in [-0.2, -0.15) is 0 Å². The summed E-state index contributed by atoms with van der Waals surface area (Å²) in [6.07, 6.45) is -0.655. The van der Waals surface area contributed by atoms with Crippen molar-refractivity contribution < 1.29 is 24.0 Å². The van der Waals surface area contributed by atoms with Gasteiger partial charge in [0.2, 0.25) is 5.43 Å². The number of piperazine rings is 1. The Balaban J connectivity index is 2.10. The van der Waals surface area contributed by atoms with E-state index in [1.807, 2.05) is 11.9 Å². The zero-order valence-corrected chi connectivity index (χ0v) is 17.0. The number of halogens is 1. The van der Waals surface area contributed by atoms with Gasteiger partial charge < -0.3 is 24.2 Å². The third-order valence-corrected chi connectivity index (χ3v) is 5.39. The summed E-state index contributed by atoms with van der Waals surface area (Å²) in [4.78, 5) is 39.1. The summed E-state index contributed by atoms with van der Waals surface area (Å²) in [6.45, 7) is 1.92. The first-order chi connectivity index (χ1) is 15.3. The average molecular weight is 442 g/mol. The largest absolute Gasteiger partial charge is 0.511 e. The number of carbonyl (C=O) groups is 1. The van der Waals surface area contributed by atoms with Crippen LogP contribution >= 0.6 is 0 Å². The number of likely N-dealkylation sites (N-methyl/N-ethyl adjacent to an activating group) is 1. The van der Waals surface area contributed by atoms with Crippen LogP contribution in [0.1, 0.15) is 0 Å². The van der Waals surface area contributed by atoms with Gasteiger partial charge in [0.15, 0.2) is 17.3 Å². The van der Waals surface area contributed by atoms with Gasteiger partial charge in [-0.3, -0.25) is 14.9 Å². The van der Waals surface area contributed by atoms with Crippen LogP contribution in [0.4, 0.5) is 20.6 Å². The Morgan fingerprint density at radius 2 is 1.84 bits per heavy atom. The molecule has 10 nitrogen and oxygen atoms in total. The molecule has 11 heteroatoms. The highest BCUT2D eigenvalue weighted by atomic mass is 19.1. The molecule has 0 amide bonds. The second-order valence-electron chi connectivity index (χ2n) is 7.40. The quantitative estimate of drug-likeness (QED) is 0.372. The number of hydrogen-bond donors (Lipinski definition) is 1. The molecule has 0 aliphatic carbocycles. The van der Waals surface area contributed by atoms with Crippen LogP contribution in [0.2, 0.25) is 0 Å². The molecule has 0 saturated carbocycles. The molecule has 4 rings (SSSR count). The van der Waals surface area contributed by atoms with Gasteiger partial charge in [-0.1, -0.05) is 18.2 Å². The van der Waals surface area contributed by atoms with Crippen molar-refractivity contribution in [2.45, 2.75) is 0 Å². The van der Waals surface area contributed by atoms with Gasteiger partial charge in [0.05, 0.1) is 16.5 Å². The lowest BCUT2D eigenvalue weighted by Crippen LogP contribution is -2.45. The molecule has 1 saturated heterocycles. The Morgan fingerprint density at radius 3 is 2.44 bits per heavy atom. The Kier molecular flexibility index (Phi) is 5.49. The van der Waals surface area contributed by atoms with Crippen molar-refractivity contribution in [2.75, 3.05) is 38.1 Å². The van der Waals surface area contributed by atoms with E-state index in [0.29, 0.717) is 31.9 Å². The molecule has 1 aromatic heterocycles. The topological polar surface area (TPSA) is 118 Å². The lowest BCUT2D eigenvalue weighted by Gasteiger charge is -2.34. The van der Waals surface area contributed by atoms with Crippen LogP contribution in [-0.4, -0.2) is 58.9 Å². The highest BCUT2D eigenvalue weighted by Gasteiger charge is 2.32. The van der Waals surface area contributed by atoms with Gasteiger partial charge in [0, 0.05) is 31.9 Å². The van der Waals surface area contributed by atoms with E-state index in [-0.39, 0.29) is 16.6 Å². The molecular weight excluding hydrogens is 423 g/mol. The van der Waals surface area contributed by atoms with Crippen molar-refractivity contribution in [3.8, 4) is 11.4 Å². The maximum Gasteiger partial charge on any atom is 0.511 e. The molecule has 166 valence electrons. The number of anilines is 1.